The van der Waals surface area contributed by atoms with Crippen LogP contribution in [0.3, 0.4) is 0 Å². The maximum Gasteiger partial charge on any atom is 0.335 e. The van der Waals surface area contributed by atoms with E-state index in [4.69, 9.17) is 0 Å². The van der Waals surface area contributed by atoms with Crippen LogP contribution < -0.4 is 5.32 Å². The molecule has 0 atom stereocenters. The molecule has 2 N–H and O–H groups in total. The van der Waals surface area contributed by atoms with Crippen molar-refractivity contribution in [1.29, 1.82) is 0 Å². The van der Waals surface area contributed by atoms with Crippen molar-refractivity contribution in [2.24, 2.45) is 0 Å². The van der Waals surface area contributed by atoms with E-state index in [9.17, 15) is 14.7 Å². The van der Waals surface area contributed by atoms with E-state index < -0.39 is 5.97 Å². The minimum atomic E-state index is -0.957. The first-order chi connectivity index (χ1) is 11.6. The van der Waals surface area contributed by atoms with Gasteiger partial charge in [-0.15, -0.1) is 11.3 Å². The summed E-state index contributed by atoms with van der Waals surface area (Å²) >= 11 is 1.58. The molecule has 24 heavy (non-hydrogen) atoms. The van der Waals surface area contributed by atoms with Crippen LogP contribution in [0.5, 0.6) is 0 Å². The van der Waals surface area contributed by atoms with Crippen molar-refractivity contribution in [2.45, 2.75) is 44.1 Å². The fourth-order valence-corrected chi connectivity index (χ4v) is 4.21. The van der Waals surface area contributed by atoms with Crippen molar-refractivity contribution >= 4 is 23.2 Å². The number of carbonyl (C=O) groups excluding carboxylic acids is 1. The van der Waals surface area contributed by atoms with Crippen LogP contribution in [0.25, 0.3) is 0 Å². The zero-order chi connectivity index (χ0) is 17.0. The van der Waals surface area contributed by atoms with Crippen LogP contribution in [0.1, 0.15) is 53.0 Å². The van der Waals surface area contributed by atoms with Gasteiger partial charge in [0.15, 0.2) is 0 Å². The number of thiazole rings is 1. The van der Waals surface area contributed by atoms with Gasteiger partial charge in [-0.25, -0.2) is 9.78 Å². The molecule has 126 valence electrons. The Kier molecular flexibility index (Phi) is 4.94. The number of aromatic carboxylic acids is 1. The summed E-state index contributed by atoms with van der Waals surface area (Å²) in [4.78, 5) is 28.1. The highest BCUT2D eigenvalue weighted by Crippen LogP contribution is 2.39. The van der Waals surface area contributed by atoms with Crippen LogP contribution in [0.4, 0.5) is 0 Å². The minimum Gasteiger partial charge on any atom is -0.478 e. The van der Waals surface area contributed by atoms with Gasteiger partial charge in [-0.1, -0.05) is 31.0 Å². The molecule has 0 aliphatic heterocycles. The Morgan fingerprint density at radius 3 is 2.67 bits per heavy atom. The molecule has 1 fully saturated rings. The first kappa shape index (κ1) is 16.6. The van der Waals surface area contributed by atoms with Gasteiger partial charge in [0.25, 0.3) is 0 Å². The van der Waals surface area contributed by atoms with Gasteiger partial charge in [-0.3, -0.25) is 4.79 Å². The van der Waals surface area contributed by atoms with E-state index in [1.807, 2.05) is 5.38 Å². The SMILES string of the molecule is O=C(CCc1ccccc1C(=O)O)NC1(c2nccs2)CCCC1. The molecule has 3 rings (SSSR count). The van der Waals surface area contributed by atoms with E-state index >= 15 is 0 Å². The largest absolute Gasteiger partial charge is 0.478 e. The highest BCUT2D eigenvalue weighted by atomic mass is 32.1. The zero-order valence-corrected chi connectivity index (χ0v) is 14.1. The molecule has 2 aromatic rings. The fourth-order valence-electron chi connectivity index (χ4n) is 3.36. The third kappa shape index (κ3) is 3.48. The lowest BCUT2D eigenvalue weighted by Crippen LogP contribution is -2.43. The molecule has 6 heteroatoms. The van der Waals surface area contributed by atoms with Crippen molar-refractivity contribution in [3.8, 4) is 0 Å². The summed E-state index contributed by atoms with van der Waals surface area (Å²) < 4.78 is 0. The molecule has 1 aliphatic carbocycles. The second kappa shape index (κ2) is 7.13. The summed E-state index contributed by atoms with van der Waals surface area (Å²) in [5.41, 5.74) is 0.619. The van der Waals surface area contributed by atoms with E-state index in [0.29, 0.717) is 12.0 Å². The molecule has 0 radical (unpaired) electrons. The Bertz CT molecular complexity index is 722. The number of aryl methyl sites for hydroxylation is 1. The van der Waals surface area contributed by atoms with Crippen molar-refractivity contribution in [2.75, 3.05) is 0 Å². The van der Waals surface area contributed by atoms with Crippen molar-refractivity contribution in [3.05, 3.63) is 52.0 Å². The van der Waals surface area contributed by atoms with E-state index in [-0.39, 0.29) is 23.4 Å². The lowest BCUT2D eigenvalue weighted by molar-refractivity contribution is -0.123. The summed E-state index contributed by atoms with van der Waals surface area (Å²) in [5, 5.41) is 15.3. The predicted octanol–water partition coefficient (Wildman–Crippen LogP) is 3.36. The topological polar surface area (TPSA) is 79.3 Å². The van der Waals surface area contributed by atoms with Gasteiger partial charge in [-0.2, -0.15) is 0 Å². The maximum absolute atomic E-state index is 12.5. The van der Waals surface area contributed by atoms with Crippen LogP contribution in [0, 0.1) is 0 Å². The van der Waals surface area contributed by atoms with E-state index in [1.165, 1.54) is 0 Å². The van der Waals surface area contributed by atoms with E-state index in [2.05, 4.69) is 10.3 Å². The molecule has 1 aromatic heterocycles. The van der Waals surface area contributed by atoms with E-state index in [1.54, 1.807) is 41.8 Å². The Morgan fingerprint density at radius 1 is 1.25 bits per heavy atom. The highest BCUT2D eigenvalue weighted by molar-refractivity contribution is 7.09. The molecular weight excluding hydrogens is 324 g/mol. The molecule has 0 spiro atoms. The van der Waals surface area contributed by atoms with Gasteiger partial charge in [0.05, 0.1) is 11.1 Å². The summed E-state index contributed by atoms with van der Waals surface area (Å²) in [6.45, 7) is 0. The molecule has 1 saturated carbocycles. The van der Waals surface area contributed by atoms with Gasteiger partial charge in [0, 0.05) is 18.0 Å². The number of carbonyl (C=O) groups is 2. The Hall–Kier alpha value is -2.21. The van der Waals surface area contributed by atoms with Crippen LogP contribution in [-0.4, -0.2) is 22.0 Å². The number of hydrogen-bond acceptors (Lipinski definition) is 4. The van der Waals surface area contributed by atoms with Crippen LogP contribution in [-0.2, 0) is 16.8 Å². The van der Waals surface area contributed by atoms with Crippen molar-refractivity contribution in [3.63, 3.8) is 0 Å². The Labute approximate surface area is 144 Å². The lowest BCUT2D eigenvalue weighted by atomic mass is 9.97. The maximum atomic E-state index is 12.5. The van der Waals surface area contributed by atoms with E-state index in [0.717, 1.165) is 30.7 Å². The fraction of sp³-hybridized carbons (Fsp3) is 0.389. The molecule has 0 saturated heterocycles. The molecule has 1 amide bonds. The molecular formula is C18H20N2O3S. The summed E-state index contributed by atoms with van der Waals surface area (Å²) in [6.07, 6.45) is 6.47. The number of nitrogens with one attached hydrogen (secondary N) is 1. The second-order valence-corrected chi connectivity index (χ2v) is 7.03. The average Bonchev–Trinajstić information content (AvgIpc) is 3.25. The normalized spacial score (nSPS) is 16.0. The molecule has 1 heterocycles. The Balaban J connectivity index is 1.67. The zero-order valence-electron chi connectivity index (χ0n) is 13.3. The van der Waals surface area contributed by atoms with Gasteiger partial charge in [0.2, 0.25) is 5.91 Å². The van der Waals surface area contributed by atoms with Gasteiger partial charge in [-0.05, 0) is 30.9 Å². The molecule has 1 aliphatic rings. The third-order valence-corrected chi connectivity index (χ3v) is 5.52. The predicted molar refractivity (Wildman–Crippen MR) is 92.1 cm³/mol. The third-order valence-electron chi connectivity index (χ3n) is 4.55. The number of nitrogens with zero attached hydrogens (tertiary/aromatic N) is 1. The first-order valence-electron chi connectivity index (χ1n) is 8.13. The molecule has 1 aromatic carbocycles. The number of rotatable bonds is 6. The molecule has 5 nitrogen and oxygen atoms in total. The second-order valence-electron chi connectivity index (χ2n) is 6.14. The van der Waals surface area contributed by atoms with Gasteiger partial charge in [0.1, 0.15) is 5.01 Å². The molecule has 0 bridgehead atoms. The van der Waals surface area contributed by atoms with Crippen molar-refractivity contribution in [1.82, 2.24) is 10.3 Å². The Morgan fingerprint density at radius 2 is 2.00 bits per heavy atom. The first-order valence-corrected chi connectivity index (χ1v) is 9.01. The standard InChI is InChI=1S/C18H20N2O3S/c21-15(8-7-13-5-1-2-6-14(13)16(22)23)20-18(9-3-4-10-18)17-19-11-12-24-17/h1-2,5-6,11-12H,3-4,7-10H2,(H,20,21)(H,22,23). The molecule has 0 unspecified atom stereocenters. The van der Waals surface area contributed by atoms with Crippen LogP contribution in [0.15, 0.2) is 35.8 Å². The van der Waals surface area contributed by atoms with Crippen molar-refractivity contribution < 1.29 is 14.7 Å². The minimum absolute atomic E-state index is 0.0488. The monoisotopic (exact) mass is 344 g/mol. The number of amides is 1. The number of hydrogen-bond donors (Lipinski definition) is 2. The lowest BCUT2D eigenvalue weighted by Gasteiger charge is -2.28. The number of benzene rings is 1. The quantitative estimate of drug-likeness (QED) is 0.842. The smallest absolute Gasteiger partial charge is 0.335 e. The number of carboxylic acid groups (broad SMARTS) is 1. The summed E-state index contributed by atoms with van der Waals surface area (Å²) in [5.74, 6) is -1.01. The number of aromatic nitrogens is 1. The average molecular weight is 344 g/mol. The van der Waals surface area contributed by atoms with Crippen LogP contribution >= 0.6 is 11.3 Å². The highest BCUT2D eigenvalue weighted by Gasteiger charge is 2.39. The van der Waals surface area contributed by atoms with Crippen LogP contribution in [0.2, 0.25) is 0 Å². The van der Waals surface area contributed by atoms with Gasteiger partial charge < -0.3 is 10.4 Å². The summed E-state index contributed by atoms with van der Waals surface area (Å²) in [6, 6.07) is 6.84. The summed E-state index contributed by atoms with van der Waals surface area (Å²) in [7, 11) is 0. The van der Waals surface area contributed by atoms with Gasteiger partial charge >= 0.3 is 5.97 Å². The number of carboxylic acids is 1.